The highest BCUT2D eigenvalue weighted by molar-refractivity contribution is 5.76. The van der Waals surface area contributed by atoms with Crippen molar-refractivity contribution < 1.29 is 9.32 Å². The zero-order chi connectivity index (χ0) is 17.8. The monoisotopic (exact) mass is 348 g/mol. The number of piperidine rings is 2. The maximum atomic E-state index is 12.5. The summed E-state index contributed by atoms with van der Waals surface area (Å²) in [6.45, 7) is 6.93. The average molecular weight is 348 g/mol. The molecule has 2 fully saturated rings. The molecule has 0 spiro atoms. The Kier molecular flexibility index (Phi) is 6.10. The van der Waals surface area contributed by atoms with Crippen LogP contribution >= 0.6 is 0 Å². The Labute approximate surface area is 150 Å². The van der Waals surface area contributed by atoms with Gasteiger partial charge in [0.2, 0.25) is 11.8 Å². The van der Waals surface area contributed by atoms with Crippen molar-refractivity contribution in [3.8, 4) is 0 Å². The lowest BCUT2D eigenvalue weighted by Gasteiger charge is -2.34. The second-order valence-electron chi connectivity index (χ2n) is 7.97. The van der Waals surface area contributed by atoms with Crippen molar-refractivity contribution in [2.75, 3.05) is 26.7 Å². The Hall–Kier alpha value is -1.43. The molecule has 1 atom stereocenters. The van der Waals surface area contributed by atoms with E-state index in [1.807, 2.05) is 4.90 Å². The van der Waals surface area contributed by atoms with Gasteiger partial charge in [-0.2, -0.15) is 4.98 Å². The number of aromatic nitrogens is 2. The predicted octanol–water partition coefficient (Wildman–Crippen LogP) is 3.16. The van der Waals surface area contributed by atoms with Gasteiger partial charge in [0.1, 0.15) is 0 Å². The molecule has 2 saturated heterocycles. The normalized spacial score (nSPS) is 23.4. The molecule has 6 nitrogen and oxygen atoms in total. The fraction of sp³-hybridized carbons (Fsp3) is 0.842. The molecule has 25 heavy (non-hydrogen) atoms. The van der Waals surface area contributed by atoms with Crippen LogP contribution in [-0.2, 0) is 4.79 Å². The lowest BCUT2D eigenvalue weighted by molar-refractivity contribution is -0.132. The number of carbonyl (C=O) groups excluding carboxylic acids is 1. The molecule has 1 amide bonds. The van der Waals surface area contributed by atoms with Crippen LogP contribution in [-0.4, -0.2) is 58.6 Å². The van der Waals surface area contributed by atoms with Gasteiger partial charge in [0.15, 0.2) is 5.82 Å². The smallest absolute Gasteiger partial charge is 0.229 e. The molecule has 3 heterocycles. The molecule has 2 aliphatic rings. The first kappa shape index (κ1) is 18.4. The SMILES string of the molecule is CC(C)c1noc(C2CCN(C(=O)CCC3CCCCN3C)CC2)n1. The van der Waals surface area contributed by atoms with Crippen LogP contribution in [0.1, 0.15) is 82.3 Å². The molecule has 0 aliphatic carbocycles. The second kappa shape index (κ2) is 8.30. The summed E-state index contributed by atoms with van der Waals surface area (Å²) in [7, 11) is 2.19. The molecule has 1 aromatic heterocycles. The Morgan fingerprint density at radius 3 is 2.60 bits per heavy atom. The summed E-state index contributed by atoms with van der Waals surface area (Å²) in [5.74, 6) is 2.43. The van der Waals surface area contributed by atoms with Crippen LogP contribution in [0.4, 0.5) is 0 Å². The average Bonchev–Trinajstić information content (AvgIpc) is 3.11. The number of rotatable bonds is 5. The van der Waals surface area contributed by atoms with E-state index in [0.29, 0.717) is 24.3 Å². The minimum absolute atomic E-state index is 0.289. The molecule has 0 radical (unpaired) electrons. The molecule has 3 rings (SSSR count). The van der Waals surface area contributed by atoms with E-state index < -0.39 is 0 Å². The van der Waals surface area contributed by atoms with E-state index in [-0.39, 0.29) is 5.92 Å². The van der Waals surface area contributed by atoms with Crippen LogP contribution in [0.25, 0.3) is 0 Å². The molecular weight excluding hydrogens is 316 g/mol. The van der Waals surface area contributed by atoms with Crippen LogP contribution in [0.5, 0.6) is 0 Å². The van der Waals surface area contributed by atoms with Crippen LogP contribution in [0.3, 0.4) is 0 Å². The van der Waals surface area contributed by atoms with Gasteiger partial charge < -0.3 is 14.3 Å². The van der Waals surface area contributed by atoms with E-state index in [9.17, 15) is 4.79 Å². The summed E-state index contributed by atoms with van der Waals surface area (Å²) in [6, 6.07) is 0.586. The number of likely N-dealkylation sites (tertiary alicyclic amines) is 2. The van der Waals surface area contributed by atoms with Gasteiger partial charge in [-0.15, -0.1) is 0 Å². The third kappa shape index (κ3) is 4.60. The maximum Gasteiger partial charge on any atom is 0.229 e. The topological polar surface area (TPSA) is 62.5 Å². The van der Waals surface area contributed by atoms with Crippen molar-refractivity contribution in [1.29, 1.82) is 0 Å². The zero-order valence-corrected chi connectivity index (χ0v) is 15.9. The predicted molar refractivity (Wildman–Crippen MR) is 96.4 cm³/mol. The van der Waals surface area contributed by atoms with Crippen LogP contribution in [0, 0.1) is 0 Å². The molecule has 0 N–H and O–H groups in total. The fourth-order valence-electron chi connectivity index (χ4n) is 3.98. The van der Waals surface area contributed by atoms with E-state index in [0.717, 1.165) is 44.1 Å². The van der Waals surface area contributed by atoms with Gasteiger partial charge >= 0.3 is 0 Å². The van der Waals surface area contributed by atoms with Crippen molar-refractivity contribution in [1.82, 2.24) is 19.9 Å². The number of nitrogens with zero attached hydrogens (tertiary/aromatic N) is 4. The first-order valence-electron chi connectivity index (χ1n) is 9.86. The minimum Gasteiger partial charge on any atom is -0.343 e. The largest absolute Gasteiger partial charge is 0.343 e. The summed E-state index contributed by atoms with van der Waals surface area (Å²) < 4.78 is 5.43. The van der Waals surface area contributed by atoms with Crippen LogP contribution in [0.2, 0.25) is 0 Å². The van der Waals surface area contributed by atoms with Gasteiger partial charge in [-0.3, -0.25) is 4.79 Å². The van der Waals surface area contributed by atoms with Gasteiger partial charge in [-0.25, -0.2) is 0 Å². The van der Waals surface area contributed by atoms with Gasteiger partial charge in [-0.1, -0.05) is 25.4 Å². The van der Waals surface area contributed by atoms with Crippen molar-refractivity contribution in [2.24, 2.45) is 0 Å². The second-order valence-corrected chi connectivity index (χ2v) is 7.97. The highest BCUT2D eigenvalue weighted by atomic mass is 16.5. The van der Waals surface area contributed by atoms with Crippen LogP contribution in [0.15, 0.2) is 4.52 Å². The summed E-state index contributed by atoms with van der Waals surface area (Å²) in [5.41, 5.74) is 0. The standard InChI is InChI=1S/C19H32N4O2/c1-14(2)18-20-19(25-21-18)15-9-12-23(13-10-15)17(24)8-7-16-6-4-5-11-22(16)3/h14-16H,4-13H2,1-3H3. The molecule has 1 aromatic rings. The maximum absolute atomic E-state index is 12.5. The lowest BCUT2D eigenvalue weighted by Crippen LogP contribution is -2.40. The lowest BCUT2D eigenvalue weighted by atomic mass is 9.95. The van der Waals surface area contributed by atoms with E-state index in [2.05, 4.69) is 35.9 Å². The Morgan fingerprint density at radius 1 is 1.20 bits per heavy atom. The molecule has 6 heteroatoms. The van der Waals surface area contributed by atoms with Gasteiger partial charge in [-0.05, 0) is 45.7 Å². The molecule has 0 saturated carbocycles. The molecule has 0 bridgehead atoms. The quantitative estimate of drug-likeness (QED) is 0.818. The summed E-state index contributed by atoms with van der Waals surface area (Å²) in [4.78, 5) is 21.5. The summed E-state index contributed by atoms with van der Waals surface area (Å²) in [6.07, 6.45) is 7.36. The highest BCUT2D eigenvalue weighted by Crippen LogP contribution is 2.28. The summed E-state index contributed by atoms with van der Waals surface area (Å²) in [5, 5.41) is 4.06. The number of hydrogen-bond donors (Lipinski definition) is 0. The van der Waals surface area contributed by atoms with Crippen molar-refractivity contribution in [3.05, 3.63) is 11.7 Å². The Morgan fingerprint density at radius 2 is 1.96 bits per heavy atom. The third-order valence-electron chi connectivity index (χ3n) is 5.78. The van der Waals surface area contributed by atoms with E-state index in [1.54, 1.807) is 0 Å². The molecule has 1 unspecified atom stereocenters. The zero-order valence-electron chi connectivity index (χ0n) is 15.9. The van der Waals surface area contributed by atoms with Crippen LogP contribution < -0.4 is 0 Å². The number of hydrogen-bond acceptors (Lipinski definition) is 5. The first-order valence-corrected chi connectivity index (χ1v) is 9.86. The Balaban J connectivity index is 1.44. The summed E-state index contributed by atoms with van der Waals surface area (Å²) >= 11 is 0. The number of carbonyl (C=O) groups is 1. The van der Waals surface area contributed by atoms with Crippen molar-refractivity contribution in [2.45, 2.75) is 76.7 Å². The molecule has 0 aromatic carbocycles. The van der Waals surface area contributed by atoms with E-state index in [4.69, 9.17) is 4.52 Å². The minimum atomic E-state index is 0.289. The molecule has 140 valence electrons. The van der Waals surface area contributed by atoms with E-state index >= 15 is 0 Å². The Bertz CT molecular complexity index is 564. The van der Waals surface area contributed by atoms with Crippen molar-refractivity contribution in [3.63, 3.8) is 0 Å². The van der Waals surface area contributed by atoms with Gasteiger partial charge in [0.05, 0.1) is 0 Å². The van der Waals surface area contributed by atoms with E-state index in [1.165, 1.54) is 25.8 Å². The van der Waals surface area contributed by atoms with Gasteiger partial charge in [0, 0.05) is 37.4 Å². The molecular formula is C19H32N4O2. The van der Waals surface area contributed by atoms with Crippen molar-refractivity contribution >= 4 is 5.91 Å². The third-order valence-corrected chi connectivity index (χ3v) is 5.78. The first-order chi connectivity index (χ1) is 12.0. The van der Waals surface area contributed by atoms with Gasteiger partial charge in [0.25, 0.3) is 0 Å². The fourth-order valence-corrected chi connectivity index (χ4v) is 3.98. The molecule has 2 aliphatic heterocycles. The highest BCUT2D eigenvalue weighted by Gasteiger charge is 2.28. The number of amides is 1.